The van der Waals surface area contributed by atoms with E-state index in [2.05, 4.69) is 22.6 Å². The summed E-state index contributed by atoms with van der Waals surface area (Å²) in [6.07, 6.45) is 0. The van der Waals surface area contributed by atoms with E-state index < -0.39 is 5.97 Å². The van der Waals surface area contributed by atoms with Gasteiger partial charge in [-0.2, -0.15) is 0 Å². The van der Waals surface area contributed by atoms with Crippen LogP contribution in [0.2, 0.25) is 4.34 Å². The number of ether oxygens (including phenoxy) is 1. The molecule has 0 saturated carbocycles. The number of hydrogen-bond acceptors (Lipinski definition) is 4. The second kappa shape index (κ2) is 6.49. The first-order valence-corrected chi connectivity index (χ1v) is 7.55. The number of esters is 1. The fraction of sp³-hybridized carbons (Fsp3) is 0.0769. The van der Waals surface area contributed by atoms with Crippen LogP contribution in [0, 0.1) is 3.57 Å². The summed E-state index contributed by atoms with van der Waals surface area (Å²) in [4.78, 5) is 24.0. The largest absolute Gasteiger partial charge is 0.454 e. The molecule has 3 nitrogen and oxygen atoms in total. The first-order chi connectivity index (χ1) is 9.06. The standard InChI is InChI=1S/C13H8ClIO3S/c14-12-5-4-11(19-12)10(16)7-18-13(17)8-2-1-3-9(15)6-8/h1-6H,7H2. The van der Waals surface area contributed by atoms with E-state index in [1.54, 1.807) is 30.3 Å². The van der Waals surface area contributed by atoms with Gasteiger partial charge in [0.2, 0.25) is 5.78 Å². The number of hydrogen-bond donors (Lipinski definition) is 0. The van der Waals surface area contributed by atoms with Crippen LogP contribution in [0.25, 0.3) is 0 Å². The zero-order chi connectivity index (χ0) is 13.8. The smallest absolute Gasteiger partial charge is 0.338 e. The van der Waals surface area contributed by atoms with Crippen LogP contribution in [0.15, 0.2) is 36.4 Å². The highest BCUT2D eigenvalue weighted by molar-refractivity contribution is 14.1. The first kappa shape index (κ1) is 14.5. The van der Waals surface area contributed by atoms with Gasteiger partial charge in [0.25, 0.3) is 0 Å². The Kier molecular flexibility index (Phi) is 4.95. The fourth-order valence-electron chi connectivity index (χ4n) is 1.37. The average molecular weight is 407 g/mol. The van der Waals surface area contributed by atoms with Crippen LogP contribution in [0.4, 0.5) is 0 Å². The molecule has 2 aromatic rings. The van der Waals surface area contributed by atoms with Crippen LogP contribution in [0.5, 0.6) is 0 Å². The summed E-state index contributed by atoms with van der Waals surface area (Å²) >= 11 is 9.01. The zero-order valence-corrected chi connectivity index (χ0v) is 13.3. The predicted molar refractivity (Wildman–Crippen MR) is 83.1 cm³/mol. The van der Waals surface area contributed by atoms with E-state index in [-0.39, 0.29) is 12.4 Å². The minimum atomic E-state index is -0.505. The van der Waals surface area contributed by atoms with Crippen molar-refractivity contribution in [2.45, 2.75) is 0 Å². The Bertz CT molecular complexity index is 624. The van der Waals surface area contributed by atoms with E-state index in [1.807, 2.05) is 6.07 Å². The summed E-state index contributed by atoms with van der Waals surface area (Å²) in [5, 5.41) is 0. The summed E-state index contributed by atoms with van der Waals surface area (Å²) < 4.78 is 6.45. The lowest BCUT2D eigenvalue weighted by atomic mass is 10.2. The van der Waals surface area contributed by atoms with Crippen molar-refractivity contribution in [2.75, 3.05) is 6.61 Å². The maximum absolute atomic E-state index is 11.7. The molecule has 0 atom stereocenters. The number of ketones is 1. The molecule has 0 radical (unpaired) electrons. The lowest BCUT2D eigenvalue weighted by Crippen LogP contribution is -2.13. The van der Waals surface area contributed by atoms with Crippen molar-refractivity contribution in [3.8, 4) is 0 Å². The number of benzene rings is 1. The SMILES string of the molecule is O=C(OCC(=O)c1ccc(Cl)s1)c1cccc(I)c1. The molecule has 0 unspecified atom stereocenters. The molecule has 98 valence electrons. The lowest BCUT2D eigenvalue weighted by Gasteiger charge is -2.03. The molecule has 0 amide bonds. The first-order valence-electron chi connectivity index (χ1n) is 5.27. The number of carbonyl (C=O) groups excluding carboxylic acids is 2. The Morgan fingerprint density at radius 3 is 2.68 bits per heavy atom. The third kappa shape index (κ3) is 4.02. The molecule has 0 aliphatic heterocycles. The molecule has 0 aliphatic rings. The van der Waals surface area contributed by atoms with Crippen molar-refractivity contribution in [3.05, 3.63) is 54.7 Å². The normalized spacial score (nSPS) is 10.2. The van der Waals surface area contributed by atoms with Crippen molar-refractivity contribution in [1.82, 2.24) is 0 Å². The number of carbonyl (C=O) groups is 2. The van der Waals surface area contributed by atoms with Gasteiger partial charge in [0.1, 0.15) is 0 Å². The Morgan fingerprint density at radius 1 is 1.26 bits per heavy atom. The summed E-state index contributed by atoms with van der Waals surface area (Å²) in [6, 6.07) is 10.2. The molecule has 0 saturated heterocycles. The molecule has 0 aliphatic carbocycles. The van der Waals surface area contributed by atoms with Gasteiger partial charge in [-0.05, 0) is 52.9 Å². The Hall–Kier alpha value is -0.920. The molecule has 0 spiro atoms. The van der Waals surface area contributed by atoms with Crippen molar-refractivity contribution in [2.24, 2.45) is 0 Å². The van der Waals surface area contributed by atoms with Crippen LogP contribution in [-0.2, 0) is 4.74 Å². The van der Waals surface area contributed by atoms with Gasteiger partial charge in [-0.1, -0.05) is 17.7 Å². The number of thiophene rings is 1. The number of rotatable bonds is 4. The monoisotopic (exact) mass is 406 g/mol. The van der Waals surface area contributed by atoms with Crippen molar-refractivity contribution in [1.29, 1.82) is 0 Å². The van der Waals surface area contributed by atoms with Gasteiger partial charge < -0.3 is 4.74 Å². The van der Waals surface area contributed by atoms with Crippen LogP contribution >= 0.6 is 45.5 Å². The topological polar surface area (TPSA) is 43.4 Å². The second-order valence-electron chi connectivity index (χ2n) is 3.61. The third-order valence-electron chi connectivity index (χ3n) is 2.24. The third-order valence-corrected chi connectivity index (χ3v) is 4.19. The quantitative estimate of drug-likeness (QED) is 0.437. The van der Waals surface area contributed by atoms with Gasteiger partial charge in [-0.3, -0.25) is 4.79 Å². The highest BCUT2D eigenvalue weighted by Crippen LogP contribution is 2.21. The molecular weight excluding hydrogens is 399 g/mol. The molecular formula is C13H8ClIO3S. The van der Waals surface area contributed by atoms with Gasteiger partial charge in [0.05, 0.1) is 14.8 Å². The molecule has 1 aromatic heterocycles. The number of halogens is 2. The Balaban J connectivity index is 1.95. The van der Waals surface area contributed by atoms with Gasteiger partial charge in [0, 0.05) is 3.57 Å². The van der Waals surface area contributed by atoms with E-state index in [9.17, 15) is 9.59 Å². The molecule has 0 bridgehead atoms. The second-order valence-corrected chi connectivity index (χ2v) is 6.57. The van der Waals surface area contributed by atoms with E-state index in [0.29, 0.717) is 14.8 Å². The fourth-order valence-corrected chi connectivity index (χ4v) is 2.88. The van der Waals surface area contributed by atoms with E-state index >= 15 is 0 Å². The van der Waals surface area contributed by atoms with Gasteiger partial charge in [-0.15, -0.1) is 11.3 Å². The summed E-state index contributed by atoms with van der Waals surface area (Å²) in [5.41, 5.74) is 0.434. The Morgan fingerprint density at radius 2 is 2.05 bits per heavy atom. The molecule has 6 heteroatoms. The van der Waals surface area contributed by atoms with Gasteiger partial charge in [-0.25, -0.2) is 4.79 Å². The van der Waals surface area contributed by atoms with Crippen molar-refractivity contribution in [3.63, 3.8) is 0 Å². The predicted octanol–water partition coefficient (Wildman–Crippen LogP) is 4.05. The minimum absolute atomic E-state index is 0.254. The van der Waals surface area contributed by atoms with Gasteiger partial charge in [0.15, 0.2) is 6.61 Å². The maximum Gasteiger partial charge on any atom is 0.338 e. The Labute approximate surface area is 132 Å². The average Bonchev–Trinajstić information content (AvgIpc) is 2.82. The zero-order valence-electron chi connectivity index (χ0n) is 9.56. The summed E-state index contributed by atoms with van der Waals surface area (Å²) in [5.74, 6) is -0.759. The van der Waals surface area contributed by atoms with Crippen molar-refractivity contribution < 1.29 is 14.3 Å². The summed E-state index contributed by atoms with van der Waals surface area (Å²) in [7, 11) is 0. The van der Waals surface area contributed by atoms with E-state index in [4.69, 9.17) is 16.3 Å². The molecule has 1 aromatic carbocycles. The van der Waals surface area contributed by atoms with Crippen molar-refractivity contribution >= 4 is 57.3 Å². The summed E-state index contributed by atoms with van der Waals surface area (Å²) in [6.45, 7) is -0.277. The highest BCUT2D eigenvalue weighted by Gasteiger charge is 2.13. The van der Waals surface area contributed by atoms with Gasteiger partial charge >= 0.3 is 5.97 Å². The van der Waals surface area contributed by atoms with Crippen LogP contribution in [0.1, 0.15) is 20.0 Å². The highest BCUT2D eigenvalue weighted by atomic mass is 127. The molecule has 1 heterocycles. The molecule has 19 heavy (non-hydrogen) atoms. The van der Waals surface area contributed by atoms with E-state index in [0.717, 1.165) is 3.57 Å². The lowest BCUT2D eigenvalue weighted by molar-refractivity contribution is 0.0476. The van der Waals surface area contributed by atoms with Crippen LogP contribution in [-0.4, -0.2) is 18.4 Å². The molecule has 0 fully saturated rings. The number of Topliss-reactive ketones (excluding diaryl/α,β-unsaturated/α-hetero) is 1. The maximum atomic E-state index is 11.7. The van der Waals surface area contributed by atoms with E-state index in [1.165, 1.54) is 11.3 Å². The van der Waals surface area contributed by atoms with Crippen LogP contribution in [0.3, 0.4) is 0 Å². The molecule has 0 N–H and O–H groups in total. The molecule has 2 rings (SSSR count). The minimum Gasteiger partial charge on any atom is -0.454 e. The van der Waals surface area contributed by atoms with Crippen LogP contribution < -0.4 is 0 Å².